The van der Waals surface area contributed by atoms with Crippen LogP contribution in [0, 0.1) is 6.92 Å². The van der Waals surface area contributed by atoms with E-state index in [9.17, 15) is 4.79 Å². The summed E-state index contributed by atoms with van der Waals surface area (Å²) in [4.78, 5) is 14.5. The number of nitrogens with zero attached hydrogens (tertiary/aromatic N) is 1. The van der Waals surface area contributed by atoms with Gasteiger partial charge in [-0.05, 0) is 75.5 Å². The molecule has 3 nitrogen and oxygen atoms in total. The quantitative estimate of drug-likeness (QED) is 0.839. The van der Waals surface area contributed by atoms with E-state index in [4.69, 9.17) is 0 Å². The maximum absolute atomic E-state index is 12.6. The van der Waals surface area contributed by atoms with Gasteiger partial charge in [0.2, 0.25) is 0 Å². The predicted octanol–water partition coefficient (Wildman–Crippen LogP) is 4.66. The van der Waals surface area contributed by atoms with Crippen LogP contribution >= 0.6 is 0 Å². The highest BCUT2D eigenvalue weighted by molar-refractivity contribution is 5.95. The van der Waals surface area contributed by atoms with Crippen molar-refractivity contribution in [2.24, 2.45) is 0 Å². The first-order valence-electron chi connectivity index (χ1n) is 10.0. The van der Waals surface area contributed by atoms with Crippen molar-refractivity contribution in [3.8, 4) is 0 Å². The normalized spacial score (nSPS) is 14.1. The number of nitrogens with one attached hydrogen (secondary N) is 1. The predicted molar refractivity (Wildman–Crippen MR) is 113 cm³/mol. The topological polar surface area (TPSA) is 32.3 Å². The molecule has 1 aliphatic heterocycles. The SMILES string of the molecule is CCN(CC)C(=O)c1ccc(C(=C2CCNCC2)c2ccc(C)cc2)cc1. The van der Waals surface area contributed by atoms with Crippen LogP contribution in [-0.4, -0.2) is 37.0 Å². The summed E-state index contributed by atoms with van der Waals surface area (Å²) in [6, 6.07) is 17.0. The molecule has 2 aromatic carbocycles. The van der Waals surface area contributed by atoms with Crippen molar-refractivity contribution in [3.05, 3.63) is 76.4 Å². The zero-order valence-electron chi connectivity index (χ0n) is 16.7. The van der Waals surface area contributed by atoms with E-state index in [1.54, 1.807) is 0 Å². The van der Waals surface area contributed by atoms with Gasteiger partial charge in [-0.15, -0.1) is 0 Å². The van der Waals surface area contributed by atoms with E-state index in [2.05, 4.69) is 48.6 Å². The molecule has 0 saturated carbocycles. The lowest BCUT2D eigenvalue weighted by molar-refractivity contribution is 0.0773. The Hall–Kier alpha value is -2.39. The van der Waals surface area contributed by atoms with Gasteiger partial charge in [-0.1, -0.05) is 47.5 Å². The van der Waals surface area contributed by atoms with Crippen LogP contribution in [0.1, 0.15) is 53.7 Å². The number of piperidine rings is 1. The fourth-order valence-electron chi connectivity index (χ4n) is 3.75. The van der Waals surface area contributed by atoms with E-state index >= 15 is 0 Å². The number of carbonyl (C=O) groups is 1. The summed E-state index contributed by atoms with van der Waals surface area (Å²) in [6.45, 7) is 9.70. The van der Waals surface area contributed by atoms with Gasteiger partial charge in [-0.3, -0.25) is 4.79 Å². The van der Waals surface area contributed by atoms with Crippen molar-refractivity contribution in [1.29, 1.82) is 0 Å². The number of amides is 1. The Morgan fingerprint density at radius 3 is 1.85 bits per heavy atom. The summed E-state index contributed by atoms with van der Waals surface area (Å²) in [5, 5.41) is 3.45. The molecule has 1 saturated heterocycles. The summed E-state index contributed by atoms with van der Waals surface area (Å²) in [5.74, 6) is 0.109. The van der Waals surface area contributed by atoms with Crippen LogP contribution in [0.3, 0.4) is 0 Å². The van der Waals surface area contributed by atoms with Gasteiger partial charge in [-0.25, -0.2) is 0 Å². The average molecular weight is 363 g/mol. The Bertz CT molecular complexity index is 791. The minimum Gasteiger partial charge on any atom is -0.339 e. The molecule has 142 valence electrons. The molecule has 3 heteroatoms. The Balaban J connectivity index is 1.98. The van der Waals surface area contributed by atoms with Gasteiger partial charge < -0.3 is 10.2 Å². The zero-order chi connectivity index (χ0) is 19.2. The highest BCUT2D eigenvalue weighted by Gasteiger charge is 2.16. The number of hydrogen-bond acceptors (Lipinski definition) is 2. The van der Waals surface area contributed by atoms with Crippen molar-refractivity contribution in [3.63, 3.8) is 0 Å². The monoisotopic (exact) mass is 362 g/mol. The van der Waals surface area contributed by atoms with Crippen LogP contribution in [0.4, 0.5) is 0 Å². The van der Waals surface area contributed by atoms with E-state index in [0.717, 1.165) is 44.6 Å². The van der Waals surface area contributed by atoms with E-state index in [1.807, 2.05) is 30.9 Å². The molecule has 1 aliphatic rings. The van der Waals surface area contributed by atoms with Crippen molar-refractivity contribution < 1.29 is 4.79 Å². The van der Waals surface area contributed by atoms with E-state index in [1.165, 1.54) is 27.8 Å². The van der Waals surface area contributed by atoms with E-state index < -0.39 is 0 Å². The Kier molecular flexibility index (Phi) is 6.46. The molecule has 3 rings (SSSR count). The molecular weight excluding hydrogens is 332 g/mol. The second-order valence-electron chi connectivity index (χ2n) is 7.15. The summed E-state index contributed by atoms with van der Waals surface area (Å²) in [7, 11) is 0. The van der Waals surface area contributed by atoms with Gasteiger partial charge >= 0.3 is 0 Å². The van der Waals surface area contributed by atoms with Crippen LogP contribution in [0.25, 0.3) is 5.57 Å². The largest absolute Gasteiger partial charge is 0.339 e. The van der Waals surface area contributed by atoms with Crippen molar-refractivity contribution in [2.75, 3.05) is 26.2 Å². The van der Waals surface area contributed by atoms with Crippen molar-refractivity contribution in [1.82, 2.24) is 10.2 Å². The zero-order valence-corrected chi connectivity index (χ0v) is 16.7. The third-order valence-corrected chi connectivity index (χ3v) is 5.37. The Morgan fingerprint density at radius 1 is 0.852 bits per heavy atom. The van der Waals surface area contributed by atoms with Gasteiger partial charge in [0.25, 0.3) is 5.91 Å². The summed E-state index contributed by atoms with van der Waals surface area (Å²) < 4.78 is 0. The molecule has 1 heterocycles. The van der Waals surface area contributed by atoms with Crippen LogP contribution < -0.4 is 5.32 Å². The van der Waals surface area contributed by atoms with Crippen molar-refractivity contribution in [2.45, 2.75) is 33.6 Å². The van der Waals surface area contributed by atoms with Gasteiger partial charge in [0.05, 0.1) is 0 Å². The molecule has 0 unspecified atom stereocenters. The maximum atomic E-state index is 12.6. The van der Waals surface area contributed by atoms with Crippen LogP contribution in [0.5, 0.6) is 0 Å². The van der Waals surface area contributed by atoms with Crippen LogP contribution in [0.2, 0.25) is 0 Å². The summed E-state index contributed by atoms with van der Waals surface area (Å²) in [5.41, 5.74) is 7.33. The molecule has 1 amide bonds. The van der Waals surface area contributed by atoms with Crippen LogP contribution in [-0.2, 0) is 0 Å². The second kappa shape index (κ2) is 9.01. The molecule has 0 bridgehead atoms. The second-order valence-corrected chi connectivity index (χ2v) is 7.15. The number of hydrogen-bond donors (Lipinski definition) is 1. The molecular formula is C24H30N2O. The van der Waals surface area contributed by atoms with Gasteiger partial charge in [0, 0.05) is 18.7 Å². The van der Waals surface area contributed by atoms with E-state index in [-0.39, 0.29) is 5.91 Å². The molecule has 2 aromatic rings. The van der Waals surface area contributed by atoms with Gasteiger partial charge in [0.15, 0.2) is 0 Å². The number of aryl methyl sites for hydroxylation is 1. The minimum absolute atomic E-state index is 0.109. The molecule has 0 aromatic heterocycles. The fourth-order valence-corrected chi connectivity index (χ4v) is 3.75. The highest BCUT2D eigenvalue weighted by Crippen LogP contribution is 2.31. The lowest BCUT2D eigenvalue weighted by Gasteiger charge is -2.22. The third-order valence-electron chi connectivity index (χ3n) is 5.37. The average Bonchev–Trinajstić information content (AvgIpc) is 2.72. The highest BCUT2D eigenvalue weighted by atomic mass is 16.2. The molecule has 27 heavy (non-hydrogen) atoms. The summed E-state index contributed by atoms with van der Waals surface area (Å²) in [6.07, 6.45) is 2.15. The van der Waals surface area contributed by atoms with Gasteiger partial charge in [0.1, 0.15) is 0 Å². The first-order chi connectivity index (χ1) is 13.1. The Morgan fingerprint density at radius 2 is 1.33 bits per heavy atom. The molecule has 1 fully saturated rings. The fraction of sp³-hybridized carbons (Fsp3) is 0.375. The summed E-state index contributed by atoms with van der Waals surface area (Å²) >= 11 is 0. The molecule has 0 spiro atoms. The van der Waals surface area contributed by atoms with E-state index in [0.29, 0.717) is 0 Å². The van der Waals surface area contributed by atoms with Crippen LogP contribution in [0.15, 0.2) is 54.1 Å². The third kappa shape index (κ3) is 4.48. The number of benzene rings is 2. The lowest BCUT2D eigenvalue weighted by Crippen LogP contribution is -2.30. The van der Waals surface area contributed by atoms with Crippen molar-refractivity contribution >= 4 is 11.5 Å². The number of rotatable bonds is 5. The maximum Gasteiger partial charge on any atom is 0.253 e. The number of carbonyl (C=O) groups excluding carboxylic acids is 1. The molecule has 0 radical (unpaired) electrons. The first-order valence-corrected chi connectivity index (χ1v) is 10.0. The minimum atomic E-state index is 0.109. The molecule has 1 N–H and O–H groups in total. The first kappa shape index (κ1) is 19.4. The molecule has 0 aliphatic carbocycles. The lowest BCUT2D eigenvalue weighted by atomic mass is 9.88. The van der Waals surface area contributed by atoms with Gasteiger partial charge in [-0.2, -0.15) is 0 Å². The Labute approximate surface area is 163 Å². The standard InChI is InChI=1S/C24H30N2O/c1-4-26(5-2)24(27)22-12-10-20(11-13-22)23(21-14-16-25-17-15-21)19-8-6-18(3)7-9-19/h6-13,25H,4-5,14-17H2,1-3H3. The molecule has 0 atom stereocenters. The smallest absolute Gasteiger partial charge is 0.253 e.